The van der Waals surface area contributed by atoms with Gasteiger partial charge < -0.3 is 10.0 Å². The van der Waals surface area contributed by atoms with Crippen molar-refractivity contribution in [1.29, 1.82) is 0 Å². The number of hydrogen-bond acceptors (Lipinski definition) is 3. The Morgan fingerprint density at radius 3 is 2.96 bits per heavy atom. The van der Waals surface area contributed by atoms with Crippen molar-refractivity contribution in [1.82, 2.24) is 14.7 Å². The van der Waals surface area contributed by atoms with Gasteiger partial charge in [0, 0.05) is 18.7 Å². The minimum Gasteiger partial charge on any atom is -0.391 e. The van der Waals surface area contributed by atoms with E-state index in [2.05, 4.69) is 5.10 Å². The molecule has 1 aromatic carbocycles. The lowest BCUT2D eigenvalue weighted by atomic mass is 10.0. The van der Waals surface area contributed by atoms with Crippen LogP contribution in [0.3, 0.4) is 0 Å². The molecule has 0 bridgehead atoms. The molecule has 0 radical (unpaired) electrons. The maximum absolute atomic E-state index is 14.2. The lowest BCUT2D eigenvalue weighted by Gasteiger charge is -2.25. The fourth-order valence-corrected chi connectivity index (χ4v) is 3.86. The first-order valence-electron chi connectivity index (χ1n) is 8.53. The second-order valence-corrected chi connectivity index (χ2v) is 6.71. The highest BCUT2D eigenvalue weighted by Crippen LogP contribution is 2.35. The van der Waals surface area contributed by atoms with Crippen LogP contribution in [0.5, 0.6) is 0 Å². The highest BCUT2D eigenvalue weighted by Gasteiger charge is 2.38. The van der Waals surface area contributed by atoms with Crippen LogP contribution in [-0.2, 0) is 13.0 Å². The van der Waals surface area contributed by atoms with Crippen LogP contribution in [-0.4, -0.2) is 38.3 Å². The number of β-amino-alcohol motifs (C(OH)–C–C–N with tert-alkyl or cyclic N) is 1. The Balaban J connectivity index is 1.69. The molecule has 2 aliphatic heterocycles. The van der Waals surface area contributed by atoms with Gasteiger partial charge in [-0.05, 0) is 43.9 Å². The van der Waals surface area contributed by atoms with Gasteiger partial charge in [0.25, 0.3) is 5.91 Å². The number of carbonyl (C=O) groups excluding carboxylic acids is 1. The number of aliphatic hydroxyl groups excluding tert-OH is 1. The Bertz CT molecular complexity index is 821. The molecule has 2 aliphatic rings. The normalized spacial score (nSPS) is 22.9. The zero-order valence-electron chi connectivity index (χ0n) is 13.7. The summed E-state index contributed by atoms with van der Waals surface area (Å²) in [5.74, 6) is -1.42. The molecular weight excluding hydrogens is 328 g/mol. The van der Waals surface area contributed by atoms with Gasteiger partial charge in [0.1, 0.15) is 11.6 Å². The molecule has 25 heavy (non-hydrogen) atoms. The monoisotopic (exact) mass is 347 g/mol. The molecule has 3 heterocycles. The standard InChI is InChI=1S/C18H19F2N3O2/c19-11-4-5-15(20)13(7-11)17-8-12(24)10-22(17)18(25)14-9-21-23-6-2-1-3-16(14)23/h4-5,7,9,12,17,24H,1-3,6,8,10H2/t12-,17-/m1/s1. The van der Waals surface area contributed by atoms with Crippen molar-refractivity contribution in [2.45, 2.75) is 44.4 Å². The summed E-state index contributed by atoms with van der Waals surface area (Å²) in [6, 6.07) is 2.52. The molecule has 0 spiro atoms. The highest BCUT2D eigenvalue weighted by molar-refractivity contribution is 5.95. The highest BCUT2D eigenvalue weighted by atomic mass is 19.1. The molecule has 1 N–H and O–H groups in total. The van der Waals surface area contributed by atoms with Gasteiger partial charge in [-0.2, -0.15) is 5.10 Å². The molecule has 0 saturated carbocycles. The molecule has 2 atom stereocenters. The molecule has 1 fully saturated rings. The number of aliphatic hydroxyl groups is 1. The number of fused-ring (bicyclic) bond motifs is 1. The predicted octanol–water partition coefficient (Wildman–Crippen LogP) is 2.45. The van der Waals surface area contributed by atoms with Crippen LogP contribution in [0.15, 0.2) is 24.4 Å². The van der Waals surface area contributed by atoms with Crippen LogP contribution >= 0.6 is 0 Å². The smallest absolute Gasteiger partial charge is 0.257 e. The number of amides is 1. The van der Waals surface area contributed by atoms with Gasteiger partial charge in [0.05, 0.1) is 29.6 Å². The largest absolute Gasteiger partial charge is 0.391 e. The number of aryl methyl sites for hydroxylation is 1. The van der Waals surface area contributed by atoms with E-state index in [9.17, 15) is 18.7 Å². The summed E-state index contributed by atoms with van der Waals surface area (Å²) < 4.78 is 29.6. The number of likely N-dealkylation sites (tertiary alicyclic amines) is 1. The summed E-state index contributed by atoms with van der Waals surface area (Å²) >= 11 is 0. The Morgan fingerprint density at radius 2 is 2.12 bits per heavy atom. The second kappa shape index (κ2) is 6.22. The molecule has 0 unspecified atom stereocenters. The van der Waals surface area contributed by atoms with Crippen LogP contribution in [0.2, 0.25) is 0 Å². The van der Waals surface area contributed by atoms with Gasteiger partial charge in [0.15, 0.2) is 0 Å². The summed E-state index contributed by atoms with van der Waals surface area (Å²) in [6.45, 7) is 0.886. The zero-order valence-corrected chi connectivity index (χ0v) is 13.7. The van der Waals surface area contributed by atoms with E-state index in [1.54, 1.807) is 6.20 Å². The number of benzene rings is 1. The first-order valence-corrected chi connectivity index (χ1v) is 8.53. The van der Waals surface area contributed by atoms with Gasteiger partial charge in [-0.1, -0.05) is 0 Å². The van der Waals surface area contributed by atoms with E-state index in [0.29, 0.717) is 5.56 Å². The van der Waals surface area contributed by atoms with Crippen LogP contribution in [0.1, 0.15) is 46.9 Å². The van der Waals surface area contributed by atoms with Gasteiger partial charge in [0.2, 0.25) is 0 Å². The Labute approximate surface area is 143 Å². The first kappa shape index (κ1) is 16.2. The van der Waals surface area contributed by atoms with Crippen molar-refractivity contribution in [3.63, 3.8) is 0 Å². The number of carbonyl (C=O) groups is 1. The number of hydrogen-bond donors (Lipinski definition) is 1. The topological polar surface area (TPSA) is 58.4 Å². The van der Waals surface area contributed by atoms with Gasteiger partial charge >= 0.3 is 0 Å². The number of aromatic nitrogens is 2. The molecule has 2 aromatic rings. The van der Waals surface area contributed by atoms with E-state index < -0.39 is 23.8 Å². The average Bonchev–Trinajstić information content (AvgIpc) is 3.20. The number of rotatable bonds is 2. The molecule has 1 saturated heterocycles. The Morgan fingerprint density at radius 1 is 1.28 bits per heavy atom. The average molecular weight is 347 g/mol. The van der Waals surface area contributed by atoms with Gasteiger partial charge in [-0.3, -0.25) is 9.48 Å². The SMILES string of the molecule is O=C(c1cnn2c1CCCC2)N1C[C@H](O)C[C@@H]1c1cc(F)ccc1F. The maximum Gasteiger partial charge on any atom is 0.257 e. The van der Waals surface area contributed by atoms with E-state index in [-0.39, 0.29) is 24.4 Å². The molecule has 5 nitrogen and oxygen atoms in total. The van der Waals surface area contributed by atoms with Crippen molar-refractivity contribution in [3.8, 4) is 0 Å². The summed E-state index contributed by atoms with van der Waals surface area (Å²) in [7, 11) is 0. The van der Waals surface area contributed by atoms with E-state index in [1.807, 2.05) is 4.68 Å². The summed E-state index contributed by atoms with van der Waals surface area (Å²) in [6.07, 6.45) is 3.78. The third-order valence-corrected chi connectivity index (χ3v) is 5.07. The third kappa shape index (κ3) is 2.82. The van der Waals surface area contributed by atoms with Crippen LogP contribution in [0.25, 0.3) is 0 Å². The molecule has 4 rings (SSSR count). The zero-order chi connectivity index (χ0) is 17.6. The molecular formula is C18H19F2N3O2. The molecule has 0 aliphatic carbocycles. The molecule has 132 valence electrons. The second-order valence-electron chi connectivity index (χ2n) is 6.71. The van der Waals surface area contributed by atoms with Crippen molar-refractivity contribution >= 4 is 5.91 Å². The fraction of sp³-hybridized carbons (Fsp3) is 0.444. The van der Waals surface area contributed by atoms with Crippen LogP contribution in [0, 0.1) is 11.6 Å². The quantitative estimate of drug-likeness (QED) is 0.908. The molecule has 1 aromatic heterocycles. The fourth-order valence-electron chi connectivity index (χ4n) is 3.86. The Hall–Kier alpha value is -2.28. The number of nitrogens with zero attached hydrogens (tertiary/aromatic N) is 3. The van der Waals surface area contributed by atoms with E-state index in [4.69, 9.17) is 0 Å². The van der Waals surface area contributed by atoms with Crippen molar-refractivity contribution in [2.24, 2.45) is 0 Å². The minimum absolute atomic E-state index is 0.101. The van der Waals surface area contributed by atoms with E-state index in [1.165, 1.54) is 4.90 Å². The van der Waals surface area contributed by atoms with Crippen LogP contribution < -0.4 is 0 Å². The summed E-state index contributed by atoms with van der Waals surface area (Å²) in [5, 5.41) is 14.3. The minimum atomic E-state index is -0.761. The third-order valence-electron chi connectivity index (χ3n) is 5.07. The maximum atomic E-state index is 14.2. The molecule has 7 heteroatoms. The predicted molar refractivity (Wildman–Crippen MR) is 85.9 cm³/mol. The number of halogens is 2. The van der Waals surface area contributed by atoms with Crippen molar-refractivity contribution in [3.05, 3.63) is 52.9 Å². The molecule has 1 amide bonds. The lowest BCUT2D eigenvalue weighted by molar-refractivity contribution is 0.0712. The lowest BCUT2D eigenvalue weighted by Crippen LogP contribution is -2.33. The summed E-state index contributed by atoms with van der Waals surface area (Å²) in [5.41, 5.74) is 1.48. The van der Waals surface area contributed by atoms with E-state index in [0.717, 1.165) is 49.7 Å². The van der Waals surface area contributed by atoms with E-state index >= 15 is 0 Å². The first-order chi connectivity index (χ1) is 12.0. The summed E-state index contributed by atoms with van der Waals surface area (Å²) in [4.78, 5) is 14.5. The van der Waals surface area contributed by atoms with Crippen LogP contribution in [0.4, 0.5) is 8.78 Å². The van der Waals surface area contributed by atoms with Gasteiger partial charge in [-0.25, -0.2) is 8.78 Å². The van der Waals surface area contributed by atoms with Gasteiger partial charge in [-0.15, -0.1) is 0 Å². The van der Waals surface area contributed by atoms with Crippen molar-refractivity contribution in [2.75, 3.05) is 6.54 Å². The Kier molecular flexibility index (Phi) is 4.03. The van der Waals surface area contributed by atoms with Crippen molar-refractivity contribution < 1.29 is 18.7 Å².